The summed E-state index contributed by atoms with van der Waals surface area (Å²) >= 11 is 5.80. The van der Waals surface area contributed by atoms with Gasteiger partial charge in [0, 0.05) is 6.54 Å². The lowest BCUT2D eigenvalue weighted by Gasteiger charge is -2.36. The topological polar surface area (TPSA) is 64.5 Å². The van der Waals surface area contributed by atoms with E-state index >= 15 is 0 Å². The Balaban J connectivity index is 1.44. The van der Waals surface area contributed by atoms with E-state index in [2.05, 4.69) is 16.0 Å². The van der Waals surface area contributed by atoms with Crippen molar-refractivity contribution < 1.29 is 14.3 Å². The minimum Gasteiger partial charge on any atom is -0.458 e. The van der Waals surface area contributed by atoms with E-state index in [0.717, 1.165) is 24.8 Å². The number of aromatic nitrogens is 2. The molecule has 1 saturated heterocycles. The van der Waals surface area contributed by atoms with Crippen molar-refractivity contribution >= 4 is 17.5 Å². The largest absolute Gasteiger partial charge is 0.458 e. The third-order valence-corrected chi connectivity index (χ3v) is 4.97. The van der Waals surface area contributed by atoms with Crippen molar-refractivity contribution in [2.24, 2.45) is 0 Å². The minimum absolute atomic E-state index is 0.00229. The monoisotopic (exact) mass is 373 g/mol. The number of rotatable bonds is 3. The molecule has 6 nitrogen and oxygen atoms in total. The molecule has 136 valence electrons. The van der Waals surface area contributed by atoms with Crippen LogP contribution in [0.4, 0.5) is 0 Å². The smallest absolute Gasteiger partial charge is 0.316 e. The van der Waals surface area contributed by atoms with Gasteiger partial charge in [-0.2, -0.15) is 0 Å². The van der Waals surface area contributed by atoms with Gasteiger partial charge in [0.2, 0.25) is 0 Å². The number of hydrogen-bond donors (Lipinski definition) is 0. The van der Waals surface area contributed by atoms with Crippen LogP contribution in [0, 0.1) is 0 Å². The van der Waals surface area contributed by atoms with Gasteiger partial charge < -0.3 is 14.4 Å². The molecule has 1 fully saturated rings. The average molecular weight is 374 g/mol. The van der Waals surface area contributed by atoms with Gasteiger partial charge in [-0.05, 0) is 30.4 Å². The van der Waals surface area contributed by atoms with Gasteiger partial charge in [0.05, 0.1) is 30.6 Å². The van der Waals surface area contributed by atoms with E-state index in [1.807, 2.05) is 23.1 Å². The van der Waals surface area contributed by atoms with Crippen molar-refractivity contribution in [2.75, 3.05) is 19.7 Å². The van der Waals surface area contributed by atoms with Gasteiger partial charge in [-0.1, -0.05) is 35.9 Å². The highest BCUT2D eigenvalue weighted by molar-refractivity contribution is 6.30. The van der Waals surface area contributed by atoms with Gasteiger partial charge in [0.1, 0.15) is 6.10 Å². The Morgan fingerprint density at radius 3 is 2.92 bits per heavy atom. The van der Waals surface area contributed by atoms with E-state index in [1.165, 1.54) is 18.0 Å². The molecule has 0 spiro atoms. The normalized spacial score (nSPS) is 22.6. The Hall–Kier alpha value is -2.18. The number of fused-ring (bicyclic) bond motifs is 1. The number of hydrogen-bond acceptors (Lipinski definition) is 5. The highest BCUT2D eigenvalue weighted by Crippen LogP contribution is 2.29. The second-order valence-electron chi connectivity index (χ2n) is 6.55. The zero-order chi connectivity index (χ0) is 17.9. The summed E-state index contributed by atoms with van der Waals surface area (Å²) in [5.74, 6) is 0.00229. The molecule has 1 aromatic carbocycles. The van der Waals surface area contributed by atoms with Crippen LogP contribution >= 0.6 is 11.6 Å². The maximum absolute atomic E-state index is 13.1. The van der Waals surface area contributed by atoms with E-state index in [9.17, 15) is 4.79 Å². The molecule has 0 saturated carbocycles. The zero-order valence-electron chi connectivity index (χ0n) is 14.3. The summed E-state index contributed by atoms with van der Waals surface area (Å²) in [7, 11) is 0. The van der Waals surface area contributed by atoms with Gasteiger partial charge >= 0.3 is 6.01 Å². The van der Waals surface area contributed by atoms with Gasteiger partial charge in [0.15, 0.2) is 6.10 Å². The fourth-order valence-corrected chi connectivity index (χ4v) is 3.61. The number of carbonyl (C=O) groups is 1. The molecule has 0 bridgehead atoms. The number of nitrogens with zero attached hydrogens (tertiary/aromatic N) is 3. The lowest BCUT2D eigenvalue weighted by molar-refractivity contribution is -0.147. The number of amides is 1. The minimum atomic E-state index is -0.523. The van der Waals surface area contributed by atoms with Crippen molar-refractivity contribution in [3.8, 4) is 6.01 Å². The van der Waals surface area contributed by atoms with Crippen molar-refractivity contribution in [1.82, 2.24) is 14.9 Å². The Labute approximate surface area is 157 Å². The van der Waals surface area contributed by atoms with Crippen LogP contribution in [-0.4, -0.2) is 46.6 Å². The molecule has 0 aliphatic carbocycles. The molecule has 0 radical (unpaired) electrons. The van der Waals surface area contributed by atoms with Crippen molar-refractivity contribution in [3.63, 3.8) is 0 Å². The van der Waals surface area contributed by atoms with E-state index < -0.39 is 6.10 Å². The number of halogens is 1. The van der Waals surface area contributed by atoms with E-state index in [0.29, 0.717) is 24.7 Å². The molecule has 26 heavy (non-hydrogen) atoms. The van der Waals surface area contributed by atoms with E-state index in [1.54, 1.807) is 0 Å². The van der Waals surface area contributed by atoms with Crippen LogP contribution in [0.3, 0.4) is 0 Å². The summed E-state index contributed by atoms with van der Waals surface area (Å²) in [5, 5.41) is 0.464. The number of piperidine rings is 1. The molecule has 4 rings (SSSR count). The Morgan fingerprint density at radius 2 is 2.08 bits per heavy atom. The van der Waals surface area contributed by atoms with Crippen LogP contribution in [0.5, 0.6) is 6.01 Å². The molecule has 1 amide bonds. The average Bonchev–Trinajstić information content (AvgIpc) is 2.69. The van der Waals surface area contributed by atoms with Crippen LogP contribution in [0.2, 0.25) is 5.02 Å². The molecule has 2 aliphatic rings. The highest BCUT2D eigenvalue weighted by Gasteiger charge is 2.34. The standard InChI is InChI=1S/C19H20ClN3O3/c20-14-10-21-19(22-11-14)26-15-5-3-8-23(12-15)18(24)17-16-6-2-1-4-13(16)7-9-25-17/h1-2,4,6,10-11,15,17H,3,5,7-9,12H2. The molecule has 2 atom stereocenters. The first-order valence-electron chi connectivity index (χ1n) is 8.83. The van der Waals surface area contributed by atoms with Gasteiger partial charge in [0.25, 0.3) is 5.91 Å². The van der Waals surface area contributed by atoms with Gasteiger partial charge in [-0.25, -0.2) is 9.97 Å². The lowest BCUT2D eigenvalue weighted by Crippen LogP contribution is -2.47. The number of carbonyl (C=O) groups excluding carboxylic acids is 1. The third kappa shape index (κ3) is 3.66. The molecule has 3 heterocycles. The molecule has 7 heteroatoms. The Bertz CT molecular complexity index is 784. The third-order valence-electron chi connectivity index (χ3n) is 4.78. The lowest BCUT2D eigenvalue weighted by atomic mass is 9.96. The highest BCUT2D eigenvalue weighted by atomic mass is 35.5. The molecule has 1 aromatic heterocycles. The van der Waals surface area contributed by atoms with Crippen molar-refractivity contribution in [2.45, 2.75) is 31.5 Å². The Kier molecular flexibility index (Phi) is 5.04. The maximum atomic E-state index is 13.1. The quantitative estimate of drug-likeness (QED) is 0.827. The van der Waals surface area contributed by atoms with Gasteiger partial charge in [-0.3, -0.25) is 4.79 Å². The summed E-state index contributed by atoms with van der Waals surface area (Å²) in [6, 6.07) is 8.29. The SMILES string of the molecule is O=C(C1OCCc2ccccc21)N1CCCC(Oc2ncc(Cl)cn2)C1. The van der Waals surface area contributed by atoms with Crippen LogP contribution in [-0.2, 0) is 16.0 Å². The molecule has 0 N–H and O–H groups in total. The fourth-order valence-electron chi connectivity index (χ4n) is 3.51. The van der Waals surface area contributed by atoms with Crippen molar-refractivity contribution in [1.29, 1.82) is 0 Å². The summed E-state index contributed by atoms with van der Waals surface area (Å²) in [6.45, 7) is 1.79. The van der Waals surface area contributed by atoms with Gasteiger partial charge in [-0.15, -0.1) is 0 Å². The van der Waals surface area contributed by atoms with Crippen LogP contribution < -0.4 is 4.74 Å². The van der Waals surface area contributed by atoms with E-state index in [-0.39, 0.29) is 18.0 Å². The predicted molar refractivity (Wildman–Crippen MR) is 96.1 cm³/mol. The number of ether oxygens (including phenoxy) is 2. The van der Waals surface area contributed by atoms with Crippen LogP contribution in [0.25, 0.3) is 0 Å². The summed E-state index contributed by atoms with van der Waals surface area (Å²) in [4.78, 5) is 23.0. The molecule has 2 unspecified atom stereocenters. The van der Waals surface area contributed by atoms with Crippen LogP contribution in [0.15, 0.2) is 36.7 Å². The second kappa shape index (κ2) is 7.60. The first kappa shape index (κ1) is 17.2. The second-order valence-corrected chi connectivity index (χ2v) is 6.99. The fraction of sp³-hybridized carbons (Fsp3) is 0.421. The first-order valence-corrected chi connectivity index (χ1v) is 9.21. The number of benzene rings is 1. The van der Waals surface area contributed by atoms with Crippen LogP contribution in [0.1, 0.15) is 30.1 Å². The van der Waals surface area contributed by atoms with Crippen molar-refractivity contribution in [3.05, 3.63) is 52.8 Å². The molecular weight excluding hydrogens is 354 g/mol. The first-order chi connectivity index (χ1) is 12.7. The summed E-state index contributed by atoms with van der Waals surface area (Å²) < 4.78 is 11.6. The predicted octanol–water partition coefficient (Wildman–Crippen LogP) is 2.81. The Morgan fingerprint density at radius 1 is 1.27 bits per heavy atom. The maximum Gasteiger partial charge on any atom is 0.316 e. The zero-order valence-corrected chi connectivity index (χ0v) is 15.1. The molecule has 2 aromatic rings. The molecular formula is C19H20ClN3O3. The molecule has 2 aliphatic heterocycles. The summed E-state index contributed by atoms with van der Waals surface area (Å²) in [6.07, 6.45) is 4.93. The number of likely N-dealkylation sites (tertiary alicyclic amines) is 1. The summed E-state index contributed by atoms with van der Waals surface area (Å²) in [5.41, 5.74) is 2.17. The van der Waals surface area contributed by atoms with E-state index in [4.69, 9.17) is 21.1 Å².